The zero-order valence-electron chi connectivity index (χ0n) is 9.77. The molecule has 2 heterocycles. The maximum atomic E-state index is 5.49. The number of nitrogens with zero attached hydrogens (tertiary/aromatic N) is 3. The van der Waals surface area contributed by atoms with E-state index in [1.807, 2.05) is 13.1 Å². The molecule has 17 heavy (non-hydrogen) atoms. The number of aromatic amines is 1. The van der Waals surface area contributed by atoms with Crippen LogP contribution in [0.3, 0.4) is 0 Å². The van der Waals surface area contributed by atoms with Gasteiger partial charge in [0, 0.05) is 18.4 Å². The lowest BCUT2D eigenvalue weighted by Gasteiger charge is -2.05. The first-order valence-corrected chi connectivity index (χ1v) is 5.57. The van der Waals surface area contributed by atoms with Gasteiger partial charge in [0.2, 0.25) is 5.95 Å². The predicted molar refractivity (Wildman–Crippen MR) is 66.6 cm³/mol. The van der Waals surface area contributed by atoms with Gasteiger partial charge in [-0.25, -0.2) is 4.98 Å². The molecule has 0 radical (unpaired) electrons. The van der Waals surface area contributed by atoms with E-state index in [9.17, 15) is 0 Å². The number of aryl methyl sites for hydroxylation is 2. The Morgan fingerprint density at radius 1 is 1.47 bits per heavy atom. The van der Waals surface area contributed by atoms with Crippen LogP contribution < -0.4 is 11.1 Å². The number of nitrogens with one attached hydrogen (secondary N) is 2. The Kier molecular flexibility index (Phi) is 3.54. The fourth-order valence-electron chi connectivity index (χ4n) is 1.60. The van der Waals surface area contributed by atoms with Crippen LogP contribution in [0.1, 0.15) is 17.7 Å². The Balaban J connectivity index is 1.75. The second kappa shape index (κ2) is 5.29. The first-order chi connectivity index (χ1) is 8.25. The molecule has 2 aromatic rings. The zero-order valence-corrected chi connectivity index (χ0v) is 9.77. The molecule has 6 nitrogen and oxygen atoms in total. The summed E-state index contributed by atoms with van der Waals surface area (Å²) < 4.78 is 0. The van der Waals surface area contributed by atoms with Crippen molar-refractivity contribution in [3.8, 4) is 0 Å². The van der Waals surface area contributed by atoms with E-state index in [0.29, 0.717) is 5.95 Å². The molecule has 0 bridgehead atoms. The summed E-state index contributed by atoms with van der Waals surface area (Å²) in [6.45, 7) is 2.88. The van der Waals surface area contributed by atoms with Crippen molar-refractivity contribution >= 4 is 11.8 Å². The summed E-state index contributed by atoms with van der Waals surface area (Å²) in [7, 11) is 0. The Hall–Kier alpha value is -2.11. The minimum Gasteiger partial charge on any atom is -0.370 e. The third-order valence-electron chi connectivity index (χ3n) is 2.54. The SMILES string of the molecule is Cc1[nH]ncc1CCCNc1ccnc(N)n1. The molecule has 0 aromatic carbocycles. The molecule has 6 heteroatoms. The molecule has 2 aromatic heterocycles. The van der Waals surface area contributed by atoms with E-state index in [1.54, 1.807) is 12.3 Å². The van der Waals surface area contributed by atoms with Crippen LogP contribution in [0.4, 0.5) is 11.8 Å². The molecule has 0 aliphatic heterocycles. The molecule has 0 amide bonds. The van der Waals surface area contributed by atoms with Crippen molar-refractivity contribution in [1.29, 1.82) is 0 Å². The Bertz CT molecular complexity index is 478. The molecule has 0 unspecified atom stereocenters. The number of anilines is 2. The smallest absolute Gasteiger partial charge is 0.221 e. The second-order valence-corrected chi connectivity index (χ2v) is 3.85. The number of nitrogen functional groups attached to an aromatic ring is 1. The fraction of sp³-hybridized carbons (Fsp3) is 0.364. The van der Waals surface area contributed by atoms with Crippen molar-refractivity contribution in [1.82, 2.24) is 20.2 Å². The number of H-pyrrole nitrogens is 1. The summed E-state index contributed by atoms with van der Waals surface area (Å²) in [5.74, 6) is 1.06. The van der Waals surface area contributed by atoms with Crippen molar-refractivity contribution in [2.75, 3.05) is 17.6 Å². The molecule has 90 valence electrons. The number of rotatable bonds is 5. The zero-order chi connectivity index (χ0) is 12.1. The van der Waals surface area contributed by atoms with Gasteiger partial charge in [-0.05, 0) is 31.4 Å². The molecule has 0 fully saturated rings. The molecule has 0 spiro atoms. The van der Waals surface area contributed by atoms with Crippen molar-refractivity contribution in [3.63, 3.8) is 0 Å². The summed E-state index contributed by atoms with van der Waals surface area (Å²) >= 11 is 0. The largest absolute Gasteiger partial charge is 0.370 e. The molecule has 2 rings (SSSR count). The minimum atomic E-state index is 0.292. The summed E-state index contributed by atoms with van der Waals surface area (Å²) in [6.07, 6.45) is 5.53. The highest BCUT2D eigenvalue weighted by molar-refractivity contribution is 5.37. The highest BCUT2D eigenvalue weighted by Gasteiger charge is 2.00. The van der Waals surface area contributed by atoms with Crippen molar-refractivity contribution < 1.29 is 0 Å². The van der Waals surface area contributed by atoms with Crippen LogP contribution in [0.5, 0.6) is 0 Å². The van der Waals surface area contributed by atoms with Gasteiger partial charge in [0.05, 0.1) is 6.20 Å². The van der Waals surface area contributed by atoms with Crippen molar-refractivity contribution in [3.05, 3.63) is 29.7 Å². The fourth-order valence-corrected chi connectivity index (χ4v) is 1.60. The van der Waals surface area contributed by atoms with Gasteiger partial charge in [0.25, 0.3) is 0 Å². The number of hydrogen-bond donors (Lipinski definition) is 3. The number of nitrogens with two attached hydrogens (primary N) is 1. The lowest BCUT2D eigenvalue weighted by atomic mass is 10.1. The first kappa shape index (κ1) is 11.4. The summed E-state index contributed by atoms with van der Waals surface area (Å²) in [5, 5.41) is 10.1. The second-order valence-electron chi connectivity index (χ2n) is 3.85. The van der Waals surface area contributed by atoms with Crippen LogP contribution in [0.2, 0.25) is 0 Å². The maximum Gasteiger partial charge on any atom is 0.221 e. The topological polar surface area (TPSA) is 92.5 Å². The van der Waals surface area contributed by atoms with E-state index < -0.39 is 0 Å². The standard InChI is InChI=1S/C11H16N6/c1-8-9(7-15-17-8)3-2-5-13-10-4-6-14-11(12)16-10/h4,6-7H,2-3,5H2,1H3,(H,15,17)(H3,12,13,14,16). The highest BCUT2D eigenvalue weighted by atomic mass is 15.1. The molecular formula is C11H16N6. The van der Waals surface area contributed by atoms with Gasteiger partial charge < -0.3 is 11.1 Å². The lowest BCUT2D eigenvalue weighted by molar-refractivity contribution is 0.853. The highest BCUT2D eigenvalue weighted by Crippen LogP contribution is 2.07. The Morgan fingerprint density at radius 3 is 3.06 bits per heavy atom. The maximum absolute atomic E-state index is 5.49. The van der Waals surface area contributed by atoms with Crippen LogP contribution in [0, 0.1) is 6.92 Å². The monoisotopic (exact) mass is 232 g/mol. The number of hydrogen-bond acceptors (Lipinski definition) is 5. The quantitative estimate of drug-likeness (QED) is 0.672. The van der Waals surface area contributed by atoms with E-state index in [1.165, 1.54) is 5.56 Å². The molecule has 0 atom stereocenters. The summed E-state index contributed by atoms with van der Waals surface area (Å²) in [5.41, 5.74) is 7.88. The van der Waals surface area contributed by atoms with Gasteiger partial charge in [0.15, 0.2) is 0 Å². The van der Waals surface area contributed by atoms with E-state index in [-0.39, 0.29) is 0 Å². The van der Waals surface area contributed by atoms with Crippen LogP contribution in [0.25, 0.3) is 0 Å². The lowest BCUT2D eigenvalue weighted by Crippen LogP contribution is -2.06. The average molecular weight is 232 g/mol. The van der Waals surface area contributed by atoms with Gasteiger partial charge in [-0.3, -0.25) is 5.10 Å². The molecule has 0 aliphatic rings. The average Bonchev–Trinajstić information content (AvgIpc) is 2.71. The van der Waals surface area contributed by atoms with Gasteiger partial charge in [-0.15, -0.1) is 0 Å². The molecular weight excluding hydrogens is 216 g/mol. The third-order valence-corrected chi connectivity index (χ3v) is 2.54. The summed E-state index contributed by atoms with van der Waals surface area (Å²) in [6, 6.07) is 1.81. The van der Waals surface area contributed by atoms with E-state index >= 15 is 0 Å². The van der Waals surface area contributed by atoms with E-state index in [4.69, 9.17) is 5.73 Å². The van der Waals surface area contributed by atoms with Crippen LogP contribution in [0.15, 0.2) is 18.5 Å². The van der Waals surface area contributed by atoms with Crippen LogP contribution >= 0.6 is 0 Å². The van der Waals surface area contributed by atoms with Gasteiger partial charge >= 0.3 is 0 Å². The third kappa shape index (κ3) is 3.17. The summed E-state index contributed by atoms with van der Waals surface area (Å²) in [4.78, 5) is 7.90. The minimum absolute atomic E-state index is 0.292. The molecule has 0 saturated carbocycles. The predicted octanol–water partition coefficient (Wildman–Crippen LogP) is 1.14. The Labute approximate surface area is 99.7 Å². The molecule has 4 N–H and O–H groups in total. The number of aromatic nitrogens is 4. The molecule has 0 aliphatic carbocycles. The van der Waals surface area contributed by atoms with Gasteiger partial charge in [0.1, 0.15) is 5.82 Å². The van der Waals surface area contributed by atoms with Crippen molar-refractivity contribution in [2.45, 2.75) is 19.8 Å². The van der Waals surface area contributed by atoms with Gasteiger partial charge in [-0.2, -0.15) is 10.1 Å². The van der Waals surface area contributed by atoms with Crippen LogP contribution in [-0.2, 0) is 6.42 Å². The van der Waals surface area contributed by atoms with Crippen LogP contribution in [-0.4, -0.2) is 26.7 Å². The normalized spacial score (nSPS) is 10.4. The Morgan fingerprint density at radius 2 is 2.35 bits per heavy atom. The van der Waals surface area contributed by atoms with E-state index in [2.05, 4.69) is 25.5 Å². The molecule has 0 saturated heterocycles. The van der Waals surface area contributed by atoms with Gasteiger partial charge in [-0.1, -0.05) is 0 Å². The van der Waals surface area contributed by atoms with E-state index in [0.717, 1.165) is 30.9 Å². The van der Waals surface area contributed by atoms with Crippen molar-refractivity contribution in [2.24, 2.45) is 0 Å². The first-order valence-electron chi connectivity index (χ1n) is 5.57.